The number of allylic oxidation sites excluding steroid dienone is 1. The van der Waals surface area contributed by atoms with E-state index in [4.69, 9.17) is 0 Å². The number of hydrogen-bond donors (Lipinski definition) is 0. The Bertz CT molecular complexity index is 660. The molecule has 0 heterocycles. The van der Waals surface area contributed by atoms with Crippen LogP contribution in [0.15, 0.2) is 24.8 Å². The van der Waals surface area contributed by atoms with Crippen LogP contribution in [-0.4, -0.2) is 0 Å². The summed E-state index contributed by atoms with van der Waals surface area (Å²) in [7, 11) is 0. The molecule has 0 bridgehead atoms. The summed E-state index contributed by atoms with van der Waals surface area (Å²) in [4.78, 5) is 0. The van der Waals surface area contributed by atoms with Crippen LogP contribution in [0.4, 0.5) is 4.39 Å². The van der Waals surface area contributed by atoms with E-state index in [9.17, 15) is 4.39 Å². The average molecular weight is 369 g/mol. The normalized spacial score (nSPS) is 33.2. The Morgan fingerprint density at radius 1 is 1.00 bits per heavy atom. The second-order valence-corrected chi connectivity index (χ2v) is 9.69. The molecule has 4 rings (SSSR count). The van der Waals surface area contributed by atoms with E-state index in [-0.39, 0.29) is 5.82 Å². The highest BCUT2D eigenvalue weighted by Crippen LogP contribution is 2.48. The van der Waals surface area contributed by atoms with Gasteiger partial charge in [-0.1, -0.05) is 38.0 Å². The first-order valence-electron chi connectivity index (χ1n) is 11.6. The fourth-order valence-electron chi connectivity index (χ4n) is 6.56. The summed E-state index contributed by atoms with van der Waals surface area (Å²) >= 11 is 0. The summed E-state index contributed by atoms with van der Waals surface area (Å²) in [6.07, 6.45) is 17.0. The Morgan fingerprint density at radius 3 is 2.52 bits per heavy atom. The molecule has 148 valence electrons. The molecule has 2 saturated carbocycles. The van der Waals surface area contributed by atoms with Crippen molar-refractivity contribution >= 4 is 0 Å². The van der Waals surface area contributed by atoms with Gasteiger partial charge in [-0.15, -0.1) is 6.58 Å². The van der Waals surface area contributed by atoms with E-state index >= 15 is 0 Å². The maximum atomic E-state index is 14.9. The Labute approximate surface area is 165 Å². The summed E-state index contributed by atoms with van der Waals surface area (Å²) in [5.41, 5.74) is 3.23. The number of hydrogen-bond acceptors (Lipinski definition) is 0. The Kier molecular flexibility index (Phi) is 6.05. The van der Waals surface area contributed by atoms with Crippen molar-refractivity contribution in [1.82, 2.24) is 0 Å². The molecule has 1 aromatic rings. The van der Waals surface area contributed by atoms with E-state index in [1.165, 1.54) is 56.9 Å². The number of halogens is 1. The third-order valence-corrected chi connectivity index (χ3v) is 8.29. The van der Waals surface area contributed by atoms with Gasteiger partial charge >= 0.3 is 0 Å². The van der Waals surface area contributed by atoms with Crippen molar-refractivity contribution in [2.45, 2.75) is 84.0 Å². The molecule has 0 spiro atoms. The lowest BCUT2D eigenvalue weighted by Gasteiger charge is -2.45. The number of benzene rings is 1. The fraction of sp³-hybridized carbons (Fsp3) is 0.692. The molecule has 5 atom stereocenters. The van der Waals surface area contributed by atoms with E-state index in [2.05, 4.69) is 19.6 Å². The molecule has 0 aromatic heterocycles. The van der Waals surface area contributed by atoms with Gasteiger partial charge in [-0.2, -0.15) is 0 Å². The van der Waals surface area contributed by atoms with E-state index in [0.717, 1.165) is 66.4 Å². The number of aryl methyl sites for hydroxylation is 1. The van der Waals surface area contributed by atoms with Crippen LogP contribution in [0.1, 0.15) is 81.4 Å². The van der Waals surface area contributed by atoms with E-state index < -0.39 is 0 Å². The lowest BCUT2D eigenvalue weighted by atomic mass is 9.61. The predicted molar refractivity (Wildman–Crippen MR) is 112 cm³/mol. The van der Waals surface area contributed by atoms with Crippen molar-refractivity contribution in [1.29, 1.82) is 0 Å². The molecule has 27 heavy (non-hydrogen) atoms. The van der Waals surface area contributed by atoms with E-state index in [1.807, 2.05) is 12.1 Å². The Morgan fingerprint density at radius 2 is 1.74 bits per heavy atom. The topological polar surface area (TPSA) is 0 Å². The van der Waals surface area contributed by atoms with Crippen LogP contribution in [0, 0.1) is 35.4 Å². The largest absolute Gasteiger partial charge is 0.206 e. The van der Waals surface area contributed by atoms with Gasteiger partial charge < -0.3 is 0 Å². The average Bonchev–Trinajstić information content (AvgIpc) is 2.72. The molecule has 3 aliphatic carbocycles. The van der Waals surface area contributed by atoms with E-state index in [0.29, 0.717) is 0 Å². The van der Waals surface area contributed by atoms with Crippen LogP contribution >= 0.6 is 0 Å². The molecule has 1 aromatic carbocycles. The zero-order valence-corrected chi connectivity index (χ0v) is 17.2. The highest BCUT2D eigenvalue weighted by Gasteiger charge is 2.38. The zero-order chi connectivity index (χ0) is 18.8. The van der Waals surface area contributed by atoms with Gasteiger partial charge in [0.1, 0.15) is 5.82 Å². The number of rotatable bonds is 5. The molecule has 1 heteroatoms. The first-order chi connectivity index (χ1) is 13.2. The van der Waals surface area contributed by atoms with Crippen molar-refractivity contribution in [2.24, 2.45) is 29.6 Å². The van der Waals surface area contributed by atoms with Crippen LogP contribution in [0.3, 0.4) is 0 Å². The lowest BCUT2D eigenvalue weighted by Crippen LogP contribution is -2.35. The van der Waals surface area contributed by atoms with Crippen molar-refractivity contribution < 1.29 is 4.39 Å². The maximum absolute atomic E-state index is 14.9. The zero-order valence-electron chi connectivity index (χ0n) is 17.2. The molecule has 0 aliphatic heterocycles. The van der Waals surface area contributed by atoms with Gasteiger partial charge in [0.2, 0.25) is 0 Å². The van der Waals surface area contributed by atoms with Crippen LogP contribution < -0.4 is 0 Å². The Hall–Kier alpha value is -1.11. The minimum atomic E-state index is 0.0920. The van der Waals surface area contributed by atoms with Crippen LogP contribution in [-0.2, 0) is 19.3 Å². The van der Waals surface area contributed by atoms with Gasteiger partial charge in [-0.05, 0) is 110 Å². The van der Waals surface area contributed by atoms with Gasteiger partial charge in [0.15, 0.2) is 0 Å². The van der Waals surface area contributed by atoms with Crippen LogP contribution in [0.2, 0.25) is 0 Å². The van der Waals surface area contributed by atoms with Gasteiger partial charge in [0, 0.05) is 0 Å². The maximum Gasteiger partial charge on any atom is 0.129 e. The molecule has 0 nitrogen and oxygen atoms in total. The number of fused-ring (bicyclic) bond motifs is 2. The highest BCUT2D eigenvalue weighted by molar-refractivity contribution is 5.36. The molecular weight excluding hydrogens is 331 g/mol. The third kappa shape index (κ3) is 4.03. The summed E-state index contributed by atoms with van der Waals surface area (Å²) in [6.45, 7) is 6.14. The Balaban J connectivity index is 1.40. The first-order valence-corrected chi connectivity index (χ1v) is 11.6. The summed E-state index contributed by atoms with van der Waals surface area (Å²) in [6, 6.07) is 4.28. The molecule has 0 amide bonds. The minimum Gasteiger partial charge on any atom is -0.206 e. The van der Waals surface area contributed by atoms with Crippen molar-refractivity contribution in [3.8, 4) is 0 Å². The fourth-order valence-corrected chi connectivity index (χ4v) is 6.56. The standard InChI is InChI=1S/C26H37F/c1-3-5-6-19-9-12-24-17-23(13-14-25(24)26(19)27)22-11-10-20-15-18(4-2)7-8-21(20)16-22/h3,9,12,18,20-23H,1,4-8,10-11,13-17H2,2H3. The van der Waals surface area contributed by atoms with Crippen molar-refractivity contribution in [3.05, 3.63) is 47.3 Å². The minimum absolute atomic E-state index is 0.0920. The van der Waals surface area contributed by atoms with Gasteiger partial charge in [-0.3, -0.25) is 0 Å². The molecule has 0 saturated heterocycles. The molecule has 0 radical (unpaired) electrons. The predicted octanol–water partition coefficient (Wildman–Crippen LogP) is 7.29. The molecule has 5 unspecified atom stereocenters. The SMILES string of the molecule is C=CCCc1ccc2c(c1F)CCC(C1CCC3CC(CC)CCC3C1)C2. The molecule has 0 N–H and O–H groups in total. The van der Waals surface area contributed by atoms with Crippen LogP contribution in [0.25, 0.3) is 0 Å². The second kappa shape index (κ2) is 8.50. The summed E-state index contributed by atoms with van der Waals surface area (Å²) in [5, 5.41) is 0. The van der Waals surface area contributed by atoms with Crippen molar-refractivity contribution in [2.75, 3.05) is 0 Å². The quantitative estimate of drug-likeness (QED) is 0.479. The lowest BCUT2D eigenvalue weighted by molar-refractivity contribution is 0.0707. The van der Waals surface area contributed by atoms with Crippen LogP contribution in [0.5, 0.6) is 0 Å². The van der Waals surface area contributed by atoms with Crippen molar-refractivity contribution in [3.63, 3.8) is 0 Å². The monoisotopic (exact) mass is 368 g/mol. The first kappa shape index (κ1) is 19.2. The highest BCUT2D eigenvalue weighted by atomic mass is 19.1. The van der Waals surface area contributed by atoms with E-state index in [1.54, 1.807) is 0 Å². The molecule has 3 aliphatic rings. The second-order valence-electron chi connectivity index (χ2n) is 9.69. The molecular formula is C26H37F. The smallest absolute Gasteiger partial charge is 0.129 e. The van der Waals surface area contributed by atoms with Gasteiger partial charge in [0.05, 0.1) is 0 Å². The third-order valence-electron chi connectivity index (χ3n) is 8.29. The van der Waals surface area contributed by atoms with Gasteiger partial charge in [0.25, 0.3) is 0 Å². The van der Waals surface area contributed by atoms with Gasteiger partial charge in [-0.25, -0.2) is 4.39 Å². The molecule has 2 fully saturated rings. The summed E-state index contributed by atoms with van der Waals surface area (Å²) in [5.74, 6) is 4.78. The summed E-state index contributed by atoms with van der Waals surface area (Å²) < 4.78 is 14.9.